The van der Waals surface area contributed by atoms with Gasteiger partial charge in [0.15, 0.2) is 10.2 Å². The number of para-hydroxylation sites is 2. The molecule has 3 aromatic rings. The number of anilines is 1. The molecule has 0 fully saturated rings. The molecule has 4 N–H and O–H groups in total. The van der Waals surface area contributed by atoms with Crippen molar-refractivity contribution in [2.75, 3.05) is 5.73 Å². The molecule has 0 aliphatic heterocycles. The molecule has 23 heavy (non-hydrogen) atoms. The molecule has 9 heteroatoms. The highest BCUT2D eigenvalue weighted by Crippen LogP contribution is 2.32. The number of benzene rings is 1. The van der Waals surface area contributed by atoms with Gasteiger partial charge in [0.25, 0.3) is 0 Å². The van der Waals surface area contributed by atoms with Crippen LogP contribution >= 0.6 is 23.1 Å². The second-order valence-corrected chi connectivity index (χ2v) is 7.24. The first kappa shape index (κ1) is 15.3. The smallest absolute Gasteiger partial charge is 0.203 e. The fourth-order valence-electron chi connectivity index (χ4n) is 1.98. The van der Waals surface area contributed by atoms with Gasteiger partial charge in [-0.2, -0.15) is 5.26 Å². The molecule has 0 saturated heterocycles. The summed E-state index contributed by atoms with van der Waals surface area (Å²) in [5, 5.41) is 27.4. The van der Waals surface area contributed by atoms with Gasteiger partial charge < -0.3 is 15.8 Å². The van der Waals surface area contributed by atoms with Gasteiger partial charge in [-0.25, -0.2) is 4.98 Å². The standard InChI is InChI=1S/C14H12N6OS2/c1-7(22-14-20-19-13(16)23-14)11(21)8(6-15)12-17-9-4-2-3-5-10(9)18-12/h2-5,7,21H,1H3,(H2,16,19)(H,17,18)/b11-8+. The summed E-state index contributed by atoms with van der Waals surface area (Å²) in [6, 6.07) is 9.45. The summed E-state index contributed by atoms with van der Waals surface area (Å²) in [7, 11) is 0. The van der Waals surface area contributed by atoms with Gasteiger partial charge in [-0.05, 0) is 19.1 Å². The number of hydrogen-bond acceptors (Lipinski definition) is 8. The van der Waals surface area contributed by atoms with E-state index in [-0.39, 0.29) is 16.6 Å². The van der Waals surface area contributed by atoms with Gasteiger partial charge in [-0.15, -0.1) is 10.2 Å². The molecule has 1 unspecified atom stereocenters. The molecule has 1 aromatic carbocycles. The van der Waals surface area contributed by atoms with Crippen molar-refractivity contribution in [1.29, 1.82) is 5.26 Å². The van der Waals surface area contributed by atoms with Gasteiger partial charge in [-0.3, -0.25) is 0 Å². The van der Waals surface area contributed by atoms with Crippen molar-refractivity contribution in [2.24, 2.45) is 0 Å². The Kier molecular flexibility index (Phi) is 4.18. The van der Waals surface area contributed by atoms with Crippen LogP contribution in [0.5, 0.6) is 0 Å². The van der Waals surface area contributed by atoms with Gasteiger partial charge in [0.1, 0.15) is 17.4 Å². The number of thioether (sulfide) groups is 1. The maximum absolute atomic E-state index is 10.4. The molecule has 0 saturated carbocycles. The number of rotatable bonds is 4. The third kappa shape index (κ3) is 3.13. The summed E-state index contributed by atoms with van der Waals surface area (Å²) in [6.07, 6.45) is 0. The van der Waals surface area contributed by atoms with E-state index in [1.165, 1.54) is 23.1 Å². The summed E-state index contributed by atoms with van der Waals surface area (Å²) in [5.41, 5.74) is 7.19. The summed E-state index contributed by atoms with van der Waals surface area (Å²) < 4.78 is 0.628. The van der Waals surface area contributed by atoms with E-state index in [9.17, 15) is 10.4 Å². The lowest BCUT2D eigenvalue weighted by molar-refractivity contribution is 0.402. The van der Waals surface area contributed by atoms with Crippen LogP contribution in [-0.4, -0.2) is 30.5 Å². The number of nitrogen functional groups attached to an aromatic ring is 1. The molecular formula is C14H12N6OS2. The number of nitrogens with one attached hydrogen (secondary N) is 1. The molecular weight excluding hydrogens is 332 g/mol. The fraction of sp³-hybridized carbons (Fsp3) is 0.143. The van der Waals surface area contributed by atoms with Crippen LogP contribution in [0.15, 0.2) is 34.4 Å². The minimum Gasteiger partial charge on any atom is -0.510 e. The number of fused-ring (bicyclic) bond motifs is 1. The summed E-state index contributed by atoms with van der Waals surface area (Å²) >= 11 is 2.51. The minimum absolute atomic E-state index is 0.0645. The number of nitriles is 1. The van der Waals surface area contributed by atoms with Gasteiger partial charge in [-0.1, -0.05) is 35.2 Å². The SMILES string of the molecule is CC(Sc1nnc(N)s1)/C(O)=C(/C#N)c1nc2ccccc2[nH]1. The van der Waals surface area contributed by atoms with E-state index in [1.807, 2.05) is 30.3 Å². The zero-order chi connectivity index (χ0) is 16.4. The van der Waals surface area contributed by atoms with E-state index in [0.29, 0.717) is 15.3 Å². The van der Waals surface area contributed by atoms with Crippen LogP contribution in [0.1, 0.15) is 12.7 Å². The minimum atomic E-state index is -0.384. The number of hydrogen-bond donors (Lipinski definition) is 3. The van der Waals surface area contributed by atoms with Crippen LogP contribution in [0.25, 0.3) is 16.6 Å². The second kappa shape index (κ2) is 6.28. The maximum atomic E-state index is 10.4. The maximum Gasteiger partial charge on any atom is 0.203 e. The highest BCUT2D eigenvalue weighted by Gasteiger charge is 2.20. The molecule has 116 valence electrons. The van der Waals surface area contributed by atoms with E-state index >= 15 is 0 Å². The van der Waals surface area contributed by atoms with Crippen LogP contribution in [-0.2, 0) is 0 Å². The lowest BCUT2D eigenvalue weighted by Crippen LogP contribution is -2.04. The first-order valence-electron chi connectivity index (χ1n) is 6.62. The zero-order valence-corrected chi connectivity index (χ0v) is 13.6. The van der Waals surface area contributed by atoms with Crippen molar-refractivity contribution in [3.8, 4) is 6.07 Å². The highest BCUT2D eigenvalue weighted by atomic mass is 32.2. The van der Waals surface area contributed by atoms with Crippen LogP contribution in [0.4, 0.5) is 5.13 Å². The molecule has 7 nitrogen and oxygen atoms in total. The number of nitrogens with zero attached hydrogens (tertiary/aromatic N) is 4. The van der Waals surface area contributed by atoms with Gasteiger partial charge in [0, 0.05) is 0 Å². The van der Waals surface area contributed by atoms with Crippen molar-refractivity contribution < 1.29 is 5.11 Å². The average Bonchev–Trinajstić information content (AvgIpc) is 3.13. The van der Waals surface area contributed by atoms with E-state index in [0.717, 1.165) is 11.0 Å². The predicted molar refractivity (Wildman–Crippen MR) is 90.9 cm³/mol. The fourth-order valence-corrected chi connectivity index (χ4v) is 3.82. The molecule has 0 aliphatic carbocycles. The second-order valence-electron chi connectivity index (χ2n) is 4.64. The Hall–Kier alpha value is -2.57. The summed E-state index contributed by atoms with van der Waals surface area (Å²) in [5.74, 6) is 0.278. The quantitative estimate of drug-likeness (QED) is 0.377. The summed E-state index contributed by atoms with van der Waals surface area (Å²) in [6.45, 7) is 1.78. The van der Waals surface area contributed by atoms with Gasteiger partial charge in [0.05, 0.1) is 16.3 Å². The Morgan fingerprint density at radius 3 is 2.87 bits per heavy atom. The Bertz CT molecular complexity index is 890. The molecule has 2 aromatic heterocycles. The van der Waals surface area contributed by atoms with Crippen LogP contribution in [0.3, 0.4) is 0 Å². The summed E-state index contributed by atoms with van der Waals surface area (Å²) in [4.78, 5) is 7.39. The molecule has 3 rings (SSSR count). The average molecular weight is 344 g/mol. The third-order valence-corrected chi connectivity index (χ3v) is 5.02. The number of nitrogens with two attached hydrogens (primary N) is 1. The monoisotopic (exact) mass is 344 g/mol. The Balaban J connectivity index is 1.93. The third-order valence-electron chi connectivity index (χ3n) is 3.08. The topological polar surface area (TPSA) is 124 Å². The lowest BCUT2D eigenvalue weighted by Gasteiger charge is -2.09. The molecule has 0 aliphatic rings. The molecule has 2 heterocycles. The Morgan fingerprint density at radius 1 is 1.43 bits per heavy atom. The van der Waals surface area contributed by atoms with Crippen LogP contribution < -0.4 is 5.73 Å². The van der Waals surface area contributed by atoms with E-state index < -0.39 is 0 Å². The van der Waals surface area contributed by atoms with Crippen molar-refractivity contribution in [3.05, 3.63) is 35.8 Å². The molecule has 0 bridgehead atoms. The van der Waals surface area contributed by atoms with Crippen molar-refractivity contribution in [3.63, 3.8) is 0 Å². The number of aliphatic hydroxyl groups excluding tert-OH is 1. The normalized spacial score (nSPS) is 13.6. The largest absolute Gasteiger partial charge is 0.510 e. The van der Waals surface area contributed by atoms with Crippen molar-refractivity contribution in [2.45, 2.75) is 16.5 Å². The number of allylic oxidation sites excluding steroid dienone is 1. The lowest BCUT2D eigenvalue weighted by atomic mass is 10.2. The number of H-pyrrole nitrogens is 1. The first-order chi connectivity index (χ1) is 11.1. The van der Waals surface area contributed by atoms with E-state index in [2.05, 4.69) is 20.2 Å². The Labute approximate surface area is 139 Å². The molecule has 0 radical (unpaired) electrons. The van der Waals surface area contributed by atoms with E-state index in [1.54, 1.807) is 6.92 Å². The number of imidazole rings is 1. The number of aliphatic hydroxyl groups is 1. The van der Waals surface area contributed by atoms with E-state index in [4.69, 9.17) is 5.73 Å². The molecule has 1 atom stereocenters. The first-order valence-corrected chi connectivity index (χ1v) is 8.32. The highest BCUT2D eigenvalue weighted by molar-refractivity contribution is 8.01. The number of aromatic nitrogens is 4. The van der Waals surface area contributed by atoms with Crippen LogP contribution in [0.2, 0.25) is 0 Å². The molecule has 0 amide bonds. The Morgan fingerprint density at radius 2 is 2.22 bits per heavy atom. The van der Waals surface area contributed by atoms with Gasteiger partial charge in [0.2, 0.25) is 5.13 Å². The zero-order valence-electron chi connectivity index (χ0n) is 12.0. The van der Waals surface area contributed by atoms with Crippen molar-refractivity contribution >= 4 is 44.8 Å². The van der Waals surface area contributed by atoms with Gasteiger partial charge >= 0.3 is 0 Å². The van der Waals surface area contributed by atoms with Crippen LogP contribution in [0, 0.1) is 11.3 Å². The van der Waals surface area contributed by atoms with Crippen molar-refractivity contribution in [1.82, 2.24) is 20.2 Å². The predicted octanol–water partition coefficient (Wildman–Crippen LogP) is 2.97. The molecule has 0 spiro atoms. The number of aromatic amines is 1.